The van der Waals surface area contributed by atoms with Crippen molar-refractivity contribution in [1.29, 1.82) is 0 Å². The van der Waals surface area contributed by atoms with E-state index in [4.69, 9.17) is 4.74 Å². The second kappa shape index (κ2) is 7.49. The number of nitrogens with zero attached hydrogens (tertiary/aromatic N) is 1. The van der Waals surface area contributed by atoms with Gasteiger partial charge in [0.05, 0.1) is 18.7 Å². The van der Waals surface area contributed by atoms with Crippen molar-refractivity contribution in [1.82, 2.24) is 10.2 Å². The smallest absolute Gasteiger partial charge is 0.255 e. The fourth-order valence-corrected chi connectivity index (χ4v) is 3.30. The number of rotatable bonds is 5. The zero-order valence-corrected chi connectivity index (χ0v) is 14.4. The molecule has 2 atom stereocenters. The van der Waals surface area contributed by atoms with Crippen molar-refractivity contribution in [2.45, 2.75) is 39.7 Å². The minimum absolute atomic E-state index is 0.00402. The second-order valence-corrected chi connectivity index (χ2v) is 6.20. The van der Waals surface area contributed by atoms with Crippen LogP contribution in [0.1, 0.15) is 42.6 Å². The summed E-state index contributed by atoms with van der Waals surface area (Å²) in [5, 5.41) is 3.12. The fraction of sp³-hybridized carbons (Fsp3) is 0.556. The van der Waals surface area contributed by atoms with E-state index in [0.717, 1.165) is 24.9 Å². The van der Waals surface area contributed by atoms with Crippen LogP contribution in [0.15, 0.2) is 18.2 Å². The molecule has 1 N–H and O–H groups in total. The van der Waals surface area contributed by atoms with Crippen molar-refractivity contribution >= 4 is 11.8 Å². The van der Waals surface area contributed by atoms with E-state index in [2.05, 4.69) is 12.2 Å². The van der Waals surface area contributed by atoms with Crippen LogP contribution < -0.4 is 10.1 Å². The van der Waals surface area contributed by atoms with Crippen molar-refractivity contribution in [3.05, 3.63) is 29.3 Å². The number of aryl methyl sites for hydroxylation is 1. The molecular formula is C18H26N2O3. The first-order valence-electron chi connectivity index (χ1n) is 8.17. The maximum Gasteiger partial charge on any atom is 0.255 e. The van der Waals surface area contributed by atoms with E-state index in [1.54, 1.807) is 20.1 Å². The summed E-state index contributed by atoms with van der Waals surface area (Å²) in [6.45, 7) is 6.91. The molecule has 2 rings (SSSR count). The topological polar surface area (TPSA) is 58.6 Å². The zero-order chi connectivity index (χ0) is 17.0. The quantitative estimate of drug-likeness (QED) is 0.907. The van der Waals surface area contributed by atoms with Crippen molar-refractivity contribution in [2.75, 3.05) is 20.2 Å². The Morgan fingerprint density at radius 2 is 2.09 bits per heavy atom. The molecule has 1 saturated heterocycles. The van der Waals surface area contributed by atoms with Gasteiger partial charge in [0.25, 0.3) is 5.91 Å². The van der Waals surface area contributed by atoms with Crippen LogP contribution in [-0.4, -0.2) is 43.0 Å². The number of hydrogen-bond donors (Lipinski definition) is 1. The highest BCUT2D eigenvalue weighted by Gasteiger charge is 2.35. The summed E-state index contributed by atoms with van der Waals surface area (Å²) >= 11 is 0. The Kier molecular flexibility index (Phi) is 5.64. The summed E-state index contributed by atoms with van der Waals surface area (Å²) < 4.78 is 5.32. The van der Waals surface area contributed by atoms with Gasteiger partial charge in [0.15, 0.2) is 0 Å². The summed E-state index contributed by atoms with van der Waals surface area (Å²) in [7, 11) is 1.57. The van der Waals surface area contributed by atoms with Gasteiger partial charge in [-0.05, 0) is 30.9 Å². The Labute approximate surface area is 138 Å². The predicted octanol–water partition coefficient (Wildman–Crippen LogP) is 2.38. The molecule has 23 heavy (non-hydrogen) atoms. The van der Waals surface area contributed by atoms with Crippen LogP contribution >= 0.6 is 0 Å². The van der Waals surface area contributed by atoms with E-state index < -0.39 is 0 Å². The molecule has 1 aromatic rings. The number of carbonyl (C=O) groups is 2. The molecule has 0 aliphatic carbocycles. The lowest BCUT2D eigenvalue weighted by Gasteiger charge is -2.20. The SMILES string of the molecule is CCC[C@@H]1CN(C(C)=O)C[C@H]1NC(=O)c1c(C)cccc1OC. The minimum atomic E-state index is -0.128. The van der Waals surface area contributed by atoms with Gasteiger partial charge >= 0.3 is 0 Å². The molecule has 126 valence electrons. The molecule has 5 heteroatoms. The average Bonchev–Trinajstić information content (AvgIpc) is 2.90. The summed E-state index contributed by atoms with van der Waals surface area (Å²) in [6, 6.07) is 5.56. The predicted molar refractivity (Wildman–Crippen MR) is 89.6 cm³/mol. The van der Waals surface area contributed by atoms with Crippen LogP contribution in [0.25, 0.3) is 0 Å². The Balaban J connectivity index is 2.17. The number of nitrogens with one attached hydrogen (secondary N) is 1. The second-order valence-electron chi connectivity index (χ2n) is 6.20. The molecule has 0 aromatic heterocycles. The lowest BCUT2D eigenvalue weighted by atomic mass is 9.97. The van der Waals surface area contributed by atoms with Crippen molar-refractivity contribution in [2.24, 2.45) is 5.92 Å². The molecule has 2 amide bonds. The van der Waals surface area contributed by atoms with Gasteiger partial charge in [0, 0.05) is 20.0 Å². The molecule has 0 radical (unpaired) electrons. The number of hydrogen-bond acceptors (Lipinski definition) is 3. The maximum atomic E-state index is 12.7. The molecule has 0 bridgehead atoms. The van der Waals surface area contributed by atoms with E-state index in [1.807, 2.05) is 24.0 Å². The summed E-state index contributed by atoms with van der Waals surface area (Å²) in [5.41, 5.74) is 1.46. The Bertz CT molecular complexity index is 586. The summed E-state index contributed by atoms with van der Waals surface area (Å²) in [5.74, 6) is 0.826. The monoisotopic (exact) mass is 318 g/mol. The largest absolute Gasteiger partial charge is 0.496 e. The van der Waals surface area contributed by atoms with Gasteiger partial charge < -0.3 is 15.0 Å². The van der Waals surface area contributed by atoms with Crippen LogP contribution in [0.3, 0.4) is 0 Å². The van der Waals surface area contributed by atoms with E-state index in [9.17, 15) is 9.59 Å². The molecule has 1 aromatic carbocycles. The molecule has 0 spiro atoms. The van der Waals surface area contributed by atoms with Crippen molar-refractivity contribution in [3.63, 3.8) is 0 Å². The highest BCUT2D eigenvalue weighted by Crippen LogP contribution is 2.25. The number of carbonyl (C=O) groups excluding carboxylic acids is 2. The molecule has 0 unspecified atom stereocenters. The van der Waals surface area contributed by atoms with Crippen LogP contribution in [0.5, 0.6) is 5.75 Å². The third-order valence-corrected chi connectivity index (χ3v) is 4.54. The third kappa shape index (κ3) is 3.84. The number of likely N-dealkylation sites (tertiary alicyclic amines) is 1. The molecule has 0 saturated carbocycles. The first-order chi connectivity index (χ1) is 11.0. The molecule has 1 aliphatic heterocycles. The summed E-state index contributed by atoms with van der Waals surface area (Å²) in [6.07, 6.45) is 2.04. The fourth-order valence-electron chi connectivity index (χ4n) is 3.30. The van der Waals surface area contributed by atoms with Gasteiger partial charge in [-0.25, -0.2) is 0 Å². The minimum Gasteiger partial charge on any atom is -0.496 e. The lowest BCUT2D eigenvalue weighted by Crippen LogP contribution is -2.41. The van der Waals surface area contributed by atoms with Crippen molar-refractivity contribution in [3.8, 4) is 5.75 Å². The number of ether oxygens (including phenoxy) is 1. The van der Waals surface area contributed by atoms with Gasteiger partial charge in [-0.3, -0.25) is 9.59 Å². The normalized spacial score (nSPS) is 20.4. The highest BCUT2D eigenvalue weighted by atomic mass is 16.5. The molecular weight excluding hydrogens is 292 g/mol. The van der Waals surface area contributed by atoms with E-state index in [0.29, 0.717) is 23.8 Å². The van der Waals surface area contributed by atoms with Gasteiger partial charge in [0.1, 0.15) is 5.75 Å². The molecule has 1 fully saturated rings. The van der Waals surface area contributed by atoms with E-state index in [1.165, 1.54) is 0 Å². The van der Waals surface area contributed by atoms with Crippen LogP contribution in [0.2, 0.25) is 0 Å². The molecule has 5 nitrogen and oxygen atoms in total. The third-order valence-electron chi connectivity index (χ3n) is 4.54. The standard InChI is InChI=1S/C18H26N2O3/c1-5-7-14-10-20(13(3)21)11-15(14)19-18(22)17-12(2)8-6-9-16(17)23-4/h6,8-9,14-15H,5,7,10-11H2,1-4H3,(H,19,22)/t14-,15-/m1/s1. The van der Waals surface area contributed by atoms with Gasteiger partial charge in [-0.2, -0.15) is 0 Å². The van der Waals surface area contributed by atoms with Gasteiger partial charge in [0.2, 0.25) is 5.91 Å². The van der Waals surface area contributed by atoms with Crippen LogP contribution in [-0.2, 0) is 4.79 Å². The van der Waals surface area contributed by atoms with Crippen molar-refractivity contribution < 1.29 is 14.3 Å². The Morgan fingerprint density at radius 3 is 2.70 bits per heavy atom. The first-order valence-corrected chi connectivity index (χ1v) is 8.17. The average molecular weight is 318 g/mol. The van der Waals surface area contributed by atoms with Crippen LogP contribution in [0.4, 0.5) is 0 Å². The number of amides is 2. The Morgan fingerprint density at radius 1 is 1.35 bits per heavy atom. The number of benzene rings is 1. The molecule has 1 aliphatic rings. The maximum absolute atomic E-state index is 12.7. The van der Waals surface area contributed by atoms with Gasteiger partial charge in [-0.1, -0.05) is 25.5 Å². The Hall–Kier alpha value is -2.04. The zero-order valence-electron chi connectivity index (χ0n) is 14.4. The highest BCUT2D eigenvalue weighted by molar-refractivity contribution is 5.98. The van der Waals surface area contributed by atoms with E-state index in [-0.39, 0.29) is 17.9 Å². The number of methoxy groups -OCH3 is 1. The molecule has 1 heterocycles. The van der Waals surface area contributed by atoms with E-state index >= 15 is 0 Å². The van der Waals surface area contributed by atoms with Crippen LogP contribution in [0, 0.1) is 12.8 Å². The first kappa shape index (κ1) is 17.3. The lowest BCUT2D eigenvalue weighted by molar-refractivity contribution is -0.128. The van der Waals surface area contributed by atoms with Gasteiger partial charge in [-0.15, -0.1) is 0 Å². The summed E-state index contributed by atoms with van der Waals surface area (Å²) in [4.78, 5) is 26.2.